The van der Waals surface area contributed by atoms with Crippen molar-refractivity contribution in [2.24, 2.45) is 5.41 Å². The van der Waals surface area contributed by atoms with Crippen molar-refractivity contribution in [1.82, 2.24) is 15.6 Å². The summed E-state index contributed by atoms with van der Waals surface area (Å²) >= 11 is 0. The number of halogens is 1. The first-order valence-electron chi connectivity index (χ1n) is 11.6. The number of benzene rings is 2. The molecule has 1 atom stereocenters. The molecule has 5 rings (SSSR count). The maximum absolute atomic E-state index is 14.7. The average molecular weight is 465 g/mol. The highest BCUT2D eigenvalue weighted by Gasteiger charge is 2.44. The summed E-state index contributed by atoms with van der Waals surface area (Å²) < 4.78 is 25.6. The second kappa shape index (κ2) is 9.10. The van der Waals surface area contributed by atoms with Gasteiger partial charge in [-0.15, -0.1) is 0 Å². The van der Waals surface area contributed by atoms with E-state index in [0.717, 1.165) is 54.1 Å². The van der Waals surface area contributed by atoms with Crippen LogP contribution >= 0.6 is 0 Å². The van der Waals surface area contributed by atoms with Gasteiger partial charge in [0.25, 0.3) is 0 Å². The highest BCUT2D eigenvalue weighted by molar-refractivity contribution is 5.95. The molecule has 2 fully saturated rings. The number of nitrogens with zero attached hydrogens (tertiary/aromatic N) is 2. The second-order valence-electron chi connectivity index (χ2n) is 9.13. The number of fused-ring (bicyclic) bond motifs is 1. The van der Waals surface area contributed by atoms with E-state index in [2.05, 4.69) is 15.5 Å². The maximum atomic E-state index is 14.7. The lowest BCUT2D eigenvalue weighted by Crippen LogP contribution is -2.29. The zero-order valence-electron chi connectivity index (χ0n) is 19.5. The molecule has 1 unspecified atom stereocenters. The van der Waals surface area contributed by atoms with Crippen LogP contribution in [0.25, 0.3) is 22.2 Å². The third kappa shape index (κ3) is 4.25. The van der Waals surface area contributed by atoms with E-state index in [1.165, 1.54) is 13.2 Å². The van der Waals surface area contributed by atoms with E-state index in [1.54, 1.807) is 6.07 Å². The standard InChI is InChI=1S/C26H29FN4O3/c1-28-8-10-34-18-5-3-17(4-6-18)21-12-23(19-11-20(27)24(33-2)13-22(19)30-21)31-9-7-26(16-31)14-25(32)29-15-26/h3-6,11-13,28H,7-10,14-16H2,1-2H3,(H,29,32). The highest BCUT2D eigenvalue weighted by Crippen LogP contribution is 2.42. The highest BCUT2D eigenvalue weighted by atomic mass is 19.1. The summed E-state index contributed by atoms with van der Waals surface area (Å²) in [6, 6.07) is 13.0. The lowest BCUT2D eigenvalue weighted by atomic mass is 9.86. The Labute approximate surface area is 198 Å². The van der Waals surface area contributed by atoms with Gasteiger partial charge in [-0.1, -0.05) is 0 Å². The Morgan fingerprint density at radius 2 is 2.06 bits per heavy atom. The van der Waals surface area contributed by atoms with Crippen LogP contribution in [0.2, 0.25) is 0 Å². The largest absolute Gasteiger partial charge is 0.494 e. The molecule has 0 aliphatic carbocycles. The SMILES string of the molecule is CNCCOc1ccc(-c2cc(N3CCC4(CNC(=O)C4)C3)c3cc(F)c(OC)cc3n2)cc1. The lowest BCUT2D eigenvalue weighted by molar-refractivity contribution is -0.119. The summed E-state index contributed by atoms with van der Waals surface area (Å²) in [4.78, 5) is 19.0. The zero-order valence-corrected chi connectivity index (χ0v) is 19.5. The number of carbonyl (C=O) groups excluding carboxylic acids is 1. The van der Waals surface area contributed by atoms with Crippen LogP contribution < -0.4 is 25.0 Å². The molecule has 2 aromatic carbocycles. The maximum Gasteiger partial charge on any atom is 0.220 e. The fourth-order valence-electron chi connectivity index (χ4n) is 4.95. The molecule has 2 N–H and O–H groups in total. The third-order valence-electron chi connectivity index (χ3n) is 6.81. The number of anilines is 1. The van der Waals surface area contributed by atoms with Gasteiger partial charge in [-0.2, -0.15) is 0 Å². The number of carbonyl (C=O) groups is 1. The van der Waals surface area contributed by atoms with E-state index in [4.69, 9.17) is 14.5 Å². The van der Waals surface area contributed by atoms with E-state index in [9.17, 15) is 9.18 Å². The number of methoxy groups -OCH3 is 1. The molecule has 8 heteroatoms. The molecule has 1 amide bonds. The van der Waals surface area contributed by atoms with Crippen molar-refractivity contribution in [2.45, 2.75) is 12.8 Å². The number of likely N-dealkylation sites (N-methyl/N-ethyl adjacent to an activating group) is 1. The van der Waals surface area contributed by atoms with Gasteiger partial charge in [-0.3, -0.25) is 4.79 Å². The molecule has 0 bridgehead atoms. The molecule has 178 valence electrons. The Balaban J connectivity index is 1.53. The first-order valence-corrected chi connectivity index (χ1v) is 11.6. The molecule has 2 aliphatic rings. The third-order valence-corrected chi connectivity index (χ3v) is 6.81. The van der Waals surface area contributed by atoms with Crippen LogP contribution in [0.3, 0.4) is 0 Å². The minimum absolute atomic E-state index is 0.0653. The monoisotopic (exact) mass is 464 g/mol. The van der Waals surface area contributed by atoms with Crippen LogP contribution in [0.1, 0.15) is 12.8 Å². The number of rotatable bonds is 7. The van der Waals surface area contributed by atoms with Gasteiger partial charge >= 0.3 is 0 Å². The van der Waals surface area contributed by atoms with Crippen molar-refractivity contribution in [2.75, 3.05) is 51.8 Å². The molecule has 3 heterocycles. The Hall–Kier alpha value is -3.39. The quantitative estimate of drug-likeness (QED) is 0.523. The first kappa shape index (κ1) is 22.4. The van der Waals surface area contributed by atoms with Gasteiger partial charge in [-0.25, -0.2) is 9.37 Å². The second-order valence-corrected chi connectivity index (χ2v) is 9.13. The molecule has 7 nitrogen and oxygen atoms in total. The molecule has 3 aromatic rings. The van der Waals surface area contributed by atoms with Crippen molar-refractivity contribution < 1.29 is 18.7 Å². The van der Waals surface area contributed by atoms with Gasteiger partial charge < -0.3 is 25.0 Å². The number of hydrogen-bond donors (Lipinski definition) is 2. The van der Waals surface area contributed by atoms with Crippen LogP contribution in [-0.2, 0) is 4.79 Å². The first-order chi connectivity index (χ1) is 16.5. The van der Waals surface area contributed by atoms with Crippen molar-refractivity contribution in [3.63, 3.8) is 0 Å². The Bertz CT molecular complexity index is 1220. The molecule has 0 radical (unpaired) electrons. The molecule has 1 aromatic heterocycles. The average Bonchev–Trinajstić information content (AvgIpc) is 3.43. The van der Waals surface area contributed by atoms with Gasteiger partial charge in [0.15, 0.2) is 11.6 Å². The zero-order chi connectivity index (χ0) is 23.7. The van der Waals surface area contributed by atoms with Crippen LogP contribution in [0.15, 0.2) is 42.5 Å². The summed E-state index contributed by atoms with van der Waals surface area (Å²) in [6.07, 6.45) is 1.46. The Kier molecular flexibility index (Phi) is 6.00. The van der Waals surface area contributed by atoms with Crippen LogP contribution in [0.5, 0.6) is 11.5 Å². The van der Waals surface area contributed by atoms with E-state index >= 15 is 0 Å². The van der Waals surface area contributed by atoms with Crippen molar-refractivity contribution in [3.8, 4) is 22.8 Å². The fraction of sp³-hybridized carbons (Fsp3) is 0.385. The van der Waals surface area contributed by atoms with Crippen molar-refractivity contribution in [1.29, 1.82) is 0 Å². The Morgan fingerprint density at radius 3 is 2.76 bits per heavy atom. The van der Waals surface area contributed by atoms with E-state index in [0.29, 0.717) is 25.1 Å². The smallest absolute Gasteiger partial charge is 0.220 e. The summed E-state index contributed by atoms with van der Waals surface area (Å²) in [7, 11) is 3.34. The predicted octanol–water partition coefficient (Wildman–Crippen LogP) is 3.36. The fourth-order valence-corrected chi connectivity index (χ4v) is 4.95. The number of amides is 1. The topological polar surface area (TPSA) is 75.7 Å². The molecule has 34 heavy (non-hydrogen) atoms. The van der Waals surface area contributed by atoms with Crippen molar-refractivity contribution >= 4 is 22.5 Å². The molecule has 2 aliphatic heterocycles. The summed E-state index contributed by atoms with van der Waals surface area (Å²) in [5.41, 5.74) is 3.26. The van der Waals surface area contributed by atoms with Crippen molar-refractivity contribution in [3.05, 3.63) is 48.3 Å². The molecule has 0 saturated carbocycles. The van der Waals surface area contributed by atoms with Gasteiger partial charge in [0.05, 0.1) is 18.3 Å². The van der Waals surface area contributed by atoms with Crippen LogP contribution in [-0.4, -0.2) is 57.8 Å². The summed E-state index contributed by atoms with van der Waals surface area (Å²) in [5.74, 6) is 0.652. The van der Waals surface area contributed by atoms with Crippen LogP contribution in [0, 0.1) is 11.2 Å². The normalized spacial score (nSPS) is 19.7. The van der Waals surface area contributed by atoms with Gasteiger partial charge in [0.1, 0.15) is 12.4 Å². The minimum atomic E-state index is -0.416. The van der Waals surface area contributed by atoms with Crippen LogP contribution in [0.4, 0.5) is 10.1 Å². The van der Waals surface area contributed by atoms with Gasteiger partial charge in [-0.05, 0) is 49.9 Å². The summed E-state index contributed by atoms with van der Waals surface area (Å²) in [6.45, 7) is 3.60. The Morgan fingerprint density at radius 1 is 1.24 bits per heavy atom. The van der Waals surface area contributed by atoms with E-state index in [-0.39, 0.29) is 17.1 Å². The molecular formula is C26H29FN4O3. The molecule has 2 saturated heterocycles. The van der Waals surface area contributed by atoms with Gasteiger partial charge in [0.2, 0.25) is 5.91 Å². The number of pyridine rings is 1. The number of hydrogen-bond acceptors (Lipinski definition) is 6. The van der Waals surface area contributed by atoms with Gasteiger partial charge in [0, 0.05) is 60.7 Å². The number of aromatic nitrogens is 1. The molecule has 1 spiro atoms. The molecular weight excluding hydrogens is 435 g/mol. The number of nitrogens with one attached hydrogen (secondary N) is 2. The van der Waals surface area contributed by atoms with E-state index < -0.39 is 5.82 Å². The summed E-state index contributed by atoms with van der Waals surface area (Å²) in [5, 5.41) is 6.77. The predicted molar refractivity (Wildman–Crippen MR) is 130 cm³/mol. The number of ether oxygens (including phenoxy) is 2. The lowest BCUT2D eigenvalue weighted by Gasteiger charge is -2.25. The minimum Gasteiger partial charge on any atom is -0.494 e. The van der Waals surface area contributed by atoms with E-state index in [1.807, 2.05) is 37.4 Å².